The average molecular weight is 349 g/mol. The van der Waals surface area contributed by atoms with E-state index in [0.717, 1.165) is 17.7 Å². The molecule has 0 unspecified atom stereocenters. The fourth-order valence-corrected chi connectivity index (χ4v) is 3.11. The van der Waals surface area contributed by atoms with Gasteiger partial charge in [-0.05, 0) is 37.5 Å². The van der Waals surface area contributed by atoms with Gasteiger partial charge < -0.3 is 10.6 Å². The van der Waals surface area contributed by atoms with Crippen LogP contribution in [0.5, 0.6) is 0 Å². The lowest BCUT2D eigenvalue weighted by molar-refractivity contribution is -0.135. The maximum Gasteiger partial charge on any atom is 0.325 e. The molecule has 6 nitrogen and oxygen atoms in total. The lowest BCUT2D eigenvalue weighted by Crippen LogP contribution is -2.45. The minimum Gasteiger partial charge on any atom is -0.352 e. The topological polar surface area (TPSA) is 78.5 Å². The fourth-order valence-electron chi connectivity index (χ4n) is 3.11. The Hall–Kier alpha value is -2.44. The summed E-state index contributed by atoms with van der Waals surface area (Å²) in [6, 6.07) is 4.80. The molecule has 1 aromatic rings. The second-order valence-electron chi connectivity index (χ2n) is 6.34. The third-order valence-electron chi connectivity index (χ3n) is 4.47. The minimum absolute atomic E-state index is 0.0219. The van der Waals surface area contributed by atoms with Crippen molar-refractivity contribution in [2.24, 2.45) is 0 Å². The quantitative estimate of drug-likeness (QED) is 0.742. The van der Waals surface area contributed by atoms with Crippen LogP contribution >= 0.6 is 0 Å². The molecule has 136 valence electrons. The van der Waals surface area contributed by atoms with Crippen molar-refractivity contribution in [3.8, 4) is 0 Å². The second kappa shape index (κ2) is 7.63. The van der Waals surface area contributed by atoms with Crippen molar-refractivity contribution in [2.45, 2.75) is 51.6 Å². The van der Waals surface area contributed by atoms with E-state index < -0.39 is 23.3 Å². The van der Waals surface area contributed by atoms with Crippen molar-refractivity contribution in [1.29, 1.82) is 0 Å². The number of nitrogens with one attached hydrogen (secondary N) is 2. The van der Waals surface area contributed by atoms with Crippen molar-refractivity contribution in [1.82, 2.24) is 15.5 Å². The van der Waals surface area contributed by atoms with E-state index in [1.165, 1.54) is 24.3 Å². The number of benzene rings is 1. The fraction of sp³-hybridized carbons (Fsp3) is 0.500. The smallest absolute Gasteiger partial charge is 0.325 e. The second-order valence-corrected chi connectivity index (χ2v) is 6.34. The van der Waals surface area contributed by atoms with Crippen LogP contribution in [-0.4, -0.2) is 35.3 Å². The lowest BCUT2D eigenvalue weighted by atomic mass is 9.87. The molecule has 1 fully saturated rings. The highest BCUT2D eigenvalue weighted by Crippen LogP contribution is 2.32. The van der Waals surface area contributed by atoms with Gasteiger partial charge in [0.25, 0.3) is 5.91 Å². The Morgan fingerprint density at radius 2 is 1.92 bits per heavy atom. The average Bonchev–Trinajstić information content (AvgIpc) is 2.80. The first kappa shape index (κ1) is 18.9. The van der Waals surface area contributed by atoms with E-state index in [0.29, 0.717) is 12.0 Å². The van der Waals surface area contributed by atoms with Gasteiger partial charge in [0.15, 0.2) is 0 Å². The zero-order valence-electron chi connectivity index (χ0n) is 14.8. The van der Waals surface area contributed by atoms with Crippen molar-refractivity contribution in [2.75, 3.05) is 6.54 Å². The number of amides is 4. The summed E-state index contributed by atoms with van der Waals surface area (Å²) in [6.07, 6.45) is 2.04. The number of carbonyl (C=O) groups excluding carboxylic acids is 3. The molecular formula is C18H24FN3O3. The summed E-state index contributed by atoms with van der Waals surface area (Å²) >= 11 is 0. The van der Waals surface area contributed by atoms with Crippen LogP contribution in [0.25, 0.3) is 0 Å². The molecule has 0 aliphatic carbocycles. The Bertz CT molecular complexity index is 662. The molecule has 7 heteroatoms. The van der Waals surface area contributed by atoms with Gasteiger partial charge in [-0.25, -0.2) is 9.18 Å². The molecule has 1 aromatic carbocycles. The maximum absolute atomic E-state index is 13.2. The molecule has 25 heavy (non-hydrogen) atoms. The van der Waals surface area contributed by atoms with Gasteiger partial charge in [0.1, 0.15) is 17.9 Å². The van der Waals surface area contributed by atoms with Gasteiger partial charge in [0, 0.05) is 6.04 Å². The van der Waals surface area contributed by atoms with Crippen LogP contribution in [0.2, 0.25) is 0 Å². The number of urea groups is 1. The number of hydrogen-bond donors (Lipinski definition) is 2. The highest BCUT2D eigenvalue weighted by atomic mass is 19.1. The third-order valence-corrected chi connectivity index (χ3v) is 4.47. The van der Waals surface area contributed by atoms with Crippen LogP contribution in [0.1, 0.15) is 45.6 Å². The number of halogens is 1. The molecule has 0 radical (unpaired) electrons. The van der Waals surface area contributed by atoms with Crippen molar-refractivity contribution in [3.63, 3.8) is 0 Å². The Kier molecular flexibility index (Phi) is 5.77. The van der Waals surface area contributed by atoms with E-state index in [2.05, 4.69) is 10.6 Å². The van der Waals surface area contributed by atoms with E-state index in [1.807, 2.05) is 13.8 Å². The van der Waals surface area contributed by atoms with E-state index >= 15 is 0 Å². The van der Waals surface area contributed by atoms with Crippen LogP contribution < -0.4 is 10.6 Å². The van der Waals surface area contributed by atoms with Crippen molar-refractivity contribution < 1.29 is 18.8 Å². The Morgan fingerprint density at radius 3 is 2.48 bits per heavy atom. The zero-order valence-corrected chi connectivity index (χ0v) is 14.8. The summed E-state index contributed by atoms with van der Waals surface area (Å²) in [5, 5.41) is 5.45. The normalized spacial score (nSPS) is 21.2. The van der Waals surface area contributed by atoms with Crippen molar-refractivity contribution >= 4 is 17.8 Å². The summed E-state index contributed by atoms with van der Waals surface area (Å²) in [5.74, 6) is -1.30. The van der Waals surface area contributed by atoms with Crippen LogP contribution in [0.3, 0.4) is 0 Å². The molecule has 1 aliphatic heterocycles. The summed E-state index contributed by atoms with van der Waals surface area (Å²) < 4.78 is 13.2. The summed E-state index contributed by atoms with van der Waals surface area (Å²) in [4.78, 5) is 38.2. The Labute approximate surface area is 146 Å². The Balaban J connectivity index is 2.17. The molecule has 0 bridgehead atoms. The number of nitrogens with zero attached hydrogens (tertiary/aromatic N) is 1. The standard InChI is InChI=1S/C18H24FN3O3/c1-4-6-12(3)20-15(23)11-22-16(24)18(5-2,21-17(22)25)13-7-9-14(19)10-8-13/h7-10,12H,4-6,11H2,1-3H3,(H,20,23)(H,21,25)/t12-,18-/m0/s1. The molecule has 2 atom stereocenters. The molecule has 0 saturated carbocycles. The first-order valence-electron chi connectivity index (χ1n) is 8.53. The third kappa shape index (κ3) is 3.81. The first-order valence-corrected chi connectivity index (χ1v) is 8.53. The summed E-state index contributed by atoms with van der Waals surface area (Å²) in [7, 11) is 0. The van der Waals surface area contributed by atoms with Gasteiger partial charge in [0.05, 0.1) is 0 Å². The molecule has 1 aliphatic rings. The largest absolute Gasteiger partial charge is 0.352 e. The van der Waals surface area contributed by atoms with Gasteiger partial charge in [-0.1, -0.05) is 32.4 Å². The lowest BCUT2D eigenvalue weighted by Gasteiger charge is -2.25. The van der Waals surface area contributed by atoms with E-state index in [-0.39, 0.29) is 18.5 Å². The molecule has 0 spiro atoms. The van der Waals surface area contributed by atoms with Gasteiger partial charge >= 0.3 is 6.03 Å². The van der Waals surface area contributed by atoms with E-state index in [9.17, 15) is 18.8 Å². The molecule has 1 saturated heterocycles. The van der Waals surface area contributed by atoms with Crippen LogP contribution in [0.15, 0.2) is 24.3 Å². The van der Waals surface area contributed by atoms with Gasteiger partial charge in [-0.2, -0.15) is 0 Å². The van der Waals surface area contributed by atoms with Crippen LogP contribution in [-0.2, 0) is 15.1 Å². The van der Waals surface area contributed by atoms with Crippen LogP contribution in [0.4, 0.5) is 9.18 Å². The minimum atomic E-state index is -1.26. The molecule has 1 heterocycles. The van der Waals surface area contributed by atoms with Gasteiger partial charge in [-0.3, -0.25) is 14.5 Å². The first-order chi connectivity index (χ1) is 11.8. The summed E-state index contributed by atoms with van der Waals surface area (Å²) in [6.45, 7) is 5.32. The number of hydrogen-bond acceptors (Lipinski definition) is 3. The Morgan fingerprint density at radius 1 is 1.28 bits per heavy atom. The van der Waals surface area contributed by atoms with Gasteiger partial charge in [-0.15, -0.1) is 0 Å². The monoisotopic (exact) mass is 349 g/mol. The molecule has 4 amide bonds. The number of imide groups is 1. The molecular weight excluding hydrogens is 325 g/mol. The zero-order chi connectivity index (χ0) is 18.6. The van der Waals surface area contributed by atoms with Crippen molar-refractivity contribution in [3.05, 3.63) is 35.6 Å². The predicted molar refractivity (Wildman–Crippen MR) is 91.1 cm³/mol. The van der Waals surface area contributed by atoms with Gasteiger partial charge in [0.2, 0.25) is 5.91 Å². The number of carbonyl (C=O) groups is 3. The number of rotatable bonds is 7. The highest BCUT2D eigenvalue weighted by molar-refractivity contribution is 6.09. The molecule has 0 aromatic heterocycles. The predicted octanol–water partition coefficient (Wildman–Crippen LogP) is 2.29. The SMILES string of the molecule is CCC[C@H](C)NC(=O)CN1C(=O)N[C@@](CC)(c2ccc(F)cc2)C1=O. The maximum atomic E-state index is 13.2. The molecule has 2 rings (SSSR count). The molecule has 2 N–H and O–H groups in total. The highest BCUT2D eigenvalue weighted by Gasteiger charge is 2.51. The van der Waals surface area contributed by atoms with E-state index in [1.54, 1.807) is 6.92 Å². The van der Waals surface area contributed by atoms with Crippen LogP contribution in [0, 0.1) is 5.82 Å². The summed E-state index contributed by atoms with van der Waals surface area (Å²) in [5.41, 5.74) is -0.767. The van der Waals surface area contributed by atoms with E-state index in [4.69, 9.17) is 0 Å².